The Morgan fingerprint density at radius 1 is 0.433 bits per heavy atom. The number of hydrogen-bond donors (Lipinski definition) is 9. The molecule has 9 saturated heterocycles. The van der Waals surface area contributed by atoms with E-state index in [0.29, 0.717) is 115 Å². The molecule has 0 aliphatic carbocycles. The normalized spacial score (nSPS) is 18.9. The maximum atomic E-state index is 13.1. The van der Waals surface area contributed by atoms with Gasteiger partial charge in [-0.05, 0) is 324 Å². The van der Waals surface area contributed by atoms with E-state index in [9.17, 15) is 49.4 Å². The molecule has 0 spiro atoms. The lowest BCUT2D eigenvalue weighted by Gasteiger charge is -2.40. The van der Waals surface area contributed by atoms with E-state index in [1.165, 1.54) is 12.8 Å². The number of morpholine rings is 1. The topological polar surface area (TPSA) is 298 Å². The SMILES string of the molecule is C=C(C#CC(C)(C)C)CCCC.CC(=O)N1CCC(O)(C#CC(C)(C)C)CC1.CC(C)(C)C#CC(C)(C)N.CC(C)(C)C#CC1(F)COC1.CC(C)(C)C#CC1(O)CCN(C(=O)c2cc(Oc3ccccc3)ccn2)CC1.CC(C)(C)C#CC1(O)CCNCC1.CC(C)(C)C#CC1(O)CNC1.CC(C)(C)C#CC1(OC(=O)CCCCN2CCOCC2)COC1.CN1CC(O)(C#CC(C)(C)C)C1.CN1CCC(O)(C#CC(C)(C)C)CC1. The van der Waals surface area contributed by atoms with Gasteiger partial charge in [-0.15, -0.1) is 0 Å². The fourth-order valence-corrected chi connectivity index (χ4v) is 13.4. The number of carbonyl (C=O) groups excluding carboxylic acids is 3. The first-order valence-corrected chi connectivity index (χ1v) is 54.0. The van der Waals surface area contributed by atoms with Gasteiger partial charge in [0.05, 0.1) is 32.0 Å². The third kappa shape index (κ3) is 67.7. The summed E-state index contributed by atoms with van der Waals surface area (Å²) in [7, 11) is 4.06. The monoisotopic (exact) mass is 2080 g/mol. The number of halogens is 1. The maximum absolute atomic E-state index is 13.1. The van der Waals surface area contributed by atoms with Crippen LogP contribution in [0.2, 0.25) is 0 Å². The summed E-state index contributed by atoms with van der Waals surface area (Å²) in [5.41, 5.74) is -0.576. The van der Waals surface area contributed by atoms with E-state index in [1.54, 1.807) is 35.1 Å². The summed E-state index contributed by atoms with van der Waals surface area (Å²) in [6.45, 7) is 86.8. The van der Waals surface area contributed by atoms with E-state index in [-0.39, 0.29) is 90.7 Å². The van der Waals surface area contributed by atoms with Crippen LogP contribution in [-0.4, -0.2) is 280 Å². The number of allylic oxidation sites excluding steroid dienone is 1. The summed E-state index contributed by atoms with van der Waals surface area (Å²) in [5.74, 6) is 61.4. The van der Waals surface area contributed by atoms with Crippen molar-refractivity contribution in [3.8, 4) is 130 Å². The average molecular weight is 2080 g/mol. The van der Waals surface area contributed by atoms with Gasteiger partial charge in [-0.3, -0.25) is 29.2 Å². The molecule has 23 nitrogen and oxygen atoms in total. The van der Waals surface area contributed by atoms with Gasteiger partial charge < -0.3 is 85.4 Å². The first-order chi connectivity index (χ1) is 68.4. The minimum atomic E-state index is -1.35. The van der Waals surface area contributed by atoms with Crippen LogP contribution >= 0.6 is 0 Å². The van der Waals surface area contributed by atoms with Gasteiger partial charge in [0.2, 0.25) is 17.2 Å². The summed E-state index contributed by atoms with van der Waals surface area (Å²) < 4.78 is 39.8. The summed E-state index contributed by atoms with van der Waals surface area (Å²) in [6.07, 6.45) is 12.4. The number of pyridine rings is 1. The van der Waals surface area contributed by atoms with Crippen LogP contribution in [0.3, 0.4) is 0 Å². The van der Waals surface area contributed by atoms with Gasteiger partial charge >= 0.3 is 5.97 Å². The van der Waals surface area contributed by atoms with Crippen LogP contribution in [0.4, 0.5) is 4.39 Å². The molecule has 0 unspecified atom stereocenters. The summed E-state index contributed by atoms with van der Waals surface area (Å²) in [4.78, 5) is 50.3. The number of benzene rings is 1. The van der Waals surface area contributed by atoms with Crippen molar-refractivity contribution in [1.29, 1.82) is 0 Å². The highest BCUT2D eigenvalue weighted by molar-refractivity contribution is 5.92. The molecule has 11 rings (SSSR count). The summed E-state index contributed by atoms with van der Waals surface area (Å²) >= 11 is 0. The van der Waals surface area contributed by atoms with Crippen LogP contribution in [-0.2, 0) is 28.5 Å². The van der Waals surface area contributed by atoms with Gasteiger partial charge in [-0.2, -0.15) is 0 Å². The Balaban J connectivity index is 0.000000574. The van der Waals surface area contributed by atoms with Crippen LogP contribution in [0.25, 0.3) is 0 Å². The zero-order chi connectivity index (χ0) is 115. The largest absolute Gasteiger partial charge is 0.457 e. The van der Waals surface area contributed by atoms with Crippen molar-refractivity contribution in [3.63, 3.8) is 0 Å². The van der Waals surface area contributed by atoms with Crippen LogP contribution in [0, 0.1) is 173 Å². The number of nitrogens with zero attached hydrogens (tertiary/aromatic N) is 6. The highest BCUT2D eigenvalue weighted by Gasteiger charge is 2.43. The molecular formula is C126H198FN9O14. The number of nitrogens with one attached hydrogen (secondary N) is 2. The summed E-state index contributed by atoms with van der Waals surface area (Å²) in [5, 5.41) is 66.5. The van der Waals surface area contributed by atoms with Crippen LogP contribution < -0.4 is 21.1 Å². The number of unbranched alkanes of at least 4 members (excludes halogenated alkanes) is 2. The highest BCUT2D eigenvalue weighted by Crippen LogP contribution is 2.32. The molecule has 9 fully saturated rings. The zero-order valence-electron chi connectivity index (χ0n) is 99.7. The number of carbonyl (C=O) groups is 3. The van der Waals surface area contributed by atoms with Crippen molar-refractivity contribution >= 4 is 17.8 Å². The average Bonchev–Trinajstić information content (AvgIpc) is 0.828. The van der Waals surface area contributed by atoms with Crippen molar-refractivity contribution in [3.05, 3.63) is 66.5 Å². The predicted octanol–water partition coefficient (Wildman–Crippen LogP) is 18.2. The molecule has 150 heavy (non-hydrogen) atoms. The number of amides is 2. The number of para-hydroxylation sites is 1. The zero-order valence-corrected chi connectivity index (χ0v) is 99.7. The Kier molecular flexibility index (Phi) is 55.3. The number of aromatic nitrogens is 1. The fraction of sp³-hybridized carbons (Fsp3) is 0.714. The standard InChI is InChI=1S/C23H26N2O3.C18H29NO4.C13H21NO2.C12H21NO.C12H20.C11H19NO.C10H17NO.C9H13FO.C9H15NO.C9H17N/c1-22(2,3)10-11-23(27)12-15-25(16-13-23)21(26)20-17-19(9-14-24-20)28-18-7-5-4-6-8-18;1-17(2,3)7-8-18(14-22-15-18)23-16(20)6-4-5-9-19-10-12-21-13-11-19;1-11(15)14-9-7-13(16,8-10-14)6-5-12(2,3)4;1-11(2,3)5-6-12(14)7-9-13(4)10-8-12;1-6-7-8-11(2)9-10-12(3,4)5;1-10(2,3)4-5-11(13)6-8-12-9-7-11;1-9(2,3)5-6-10(12)7-11(4)8-10;1-8(2,3)4-5-9(10)6-11-7-9;1-8(2,3)4-5-9(11)6-10-7-9;1-8(2,3)6-7-9(4,5)10/h4-9,14,17,27H,12-13,15-16H2,1-3H3;4-6,9-15H2,1-3H3;16H,7-10H2,1-4H3;14H,7-10H2,1-4H3;2,6-8H2,1,3-5H3;12-13H,6-9H2,1-3H3;12H,7-8H2,1-4H3;6-7H2,1-3H3;10-11H,6-7H2,1-3H3;10H2,1-5H3. The number of nitrogens with two attached hydrogens (primary N) is 1. The van der Waals surface area contributed by atoms with Crippen LogP contribution in [0.1, 0.15) is 336 Å². The molecule has 1 aromatic heterocycles. The van der Waals surface area contributed by atoms with Crippen molar-refractivity contribution in [1.82, 2.24) is 40.1 Å². The molecule has 9 aliphatic heterocycles. The number of rotatable bonds is 12. The lowest BCUT2D eigenvalue weighted by Crippen LogP contribution is -2.59. The number of likely N-dealkylation sites (N-methyl/N-ethyl adjacent to an activating group) is 1. The second kappa shape index (κ2) is 60.4. The molecule has 10 N–H and O–H groups in total. The van der Waals surface area contributed by atoms with Crippen molar-refractivity contribution in [2.24, 2.45) is 59.9 Å². The van der Waals surface area contributed by atoms with E-state index in [0.717, 1.165) is 110 Å². The maximum Gasteiger partial charge on any atom is 0.307 e. The quantitative estimate of drug-likeness (QED) is 0.0542. The number of likely N-dealkylation sites (tertiary alicyclic amines) is 4. The molecule has 2 aromatic rings. The molecule has 1 aromatic carbocycles. The van der Waals surface area contributed by atoms with Gasteiger partial charge in [-0.1, -0.05) is 151 Å². The number of hydrogen-bond acceptors (Lipinski definition) is 21. The van der Waals surface area contributed by atoms with Gasteiger partial charge in [0.25, 0.3) is 5.91 Å². The minimum Gasteiger partial charge on any atom is -0.457 e. The Morgan fingerprint density at radius 3 is 1.18 bits per heavy atom. The molecule has 0 atom stereocenters. The Morgan fingerprint density at radius 2 is 0.820 bits per heavy atom. The Hall–Kier alpha value is -8.75. The second-order valence-electron chi connectivity index (χ2n) is 52.4. The van der Waals surface area contributed by atoms with Crippen molar-refractivity contribution in [2.45, 2.75) is 376 Å². The van der Waals surface area contributed by atoms with E-state index in [1.807, 2.05) is 176 Å². The number of aliphatic hydroxyl groups is 6. The number of β-amino-alcohol motifs (C(OH)–C–C–N with tert-alkyl or cyclic N) is 2. The van der Waals surface area contributed by atoms with Crippen molar-refractivity contribution < 1.29 is 73.1 Å². The second-order valence-corrected chi connectivity index (χ2v) is 52.4. The Bertz CT molecular complexity index is 5110. The van der Waals surface area contributed by atoms with Crippen LogP contribution in [0.5, 0.6) is 11.5 Å². The highest BCUT2D eigenvalue weighted by atomic mass is 19.1. The molecule has 0 radical (unpaired) electrons. The number of ether oxygens (including phenoxy) is 5. The Labute approximate surface area is 909 Å². The predicted molar refractivity (Wildman–Crippen MR) is 611 cm³/mol. The van der Waals surface area contributed by atoms with E-state index >= 15 is 0 Å². The minimum absolute atomic E-state index is 0.00861. The van der Waals surface area contributed by atoms with E-state index in [2.05, 4.69) is 252 Å². The molecule has 24 heteroatoms. The molecule has 10 heterocycles. The fourth-order valence-electron chi connectivity index (χ4n) is 13.4. The first kappa shape index (κ1) is 137. The van der Waals surface area contributed by atoms with Crippen molar-refractivity contribution in [2.75, 3.05) is 152 Å². The molecule has 0 saturated carbocycles. The third-order valence-corrected chi connectivity index (χ3v) is 22.4. The molecule has 2 amide bonds. The van der Waals surface area contributed by atoms with E-state index < -0.39 is 44.9 Å². The third-order valence-electron chi connectivity index (χ3n) is 22.4. The van der Waals surface area contributed by atoms with Crippen LogP contribution in [0.15, 0.2) is 60.8 Å². The number of piperidine rings is 4. The lowest BCUT2D eigenvalue weighted by atomic mass is 9.89. The van der Waals surface area contributed by atoms with Gasteiger partial charge in [0, 0.05) is 197 Å². The first-order valence-electron chi connectivity index (χ1n) is 54.0. The van der Waals surface area contributed by atoms with Gasteiger partial charge in [-0.25, -0.2) is 4.39 Å². The molecule has 0 bridgehead atoms. The molecular weight excluding hydrogens is 1880 g/mol. The molecule has 9 aliphatic rings. The van der Waals surface area contributed by atoms with Gasteiger partial charge in [0.15, 0.2) is 5.60 Å². The summed E-state index contributed by atoms with van der Waals surface area (Å²) in [6, 6.07) is 12.8. The van der Waals surface area contributed by atoms with E-state index in [4.69, 9.17) is 29.4 Å². The van der Waals surface area contributed by atoms with Gasteiger partial charge in [0.1, 0.15) is 58.4 Å². The lowest BCUT2D eigenvalue weighted by molar-refractivity contribution is -0.192. The number of esters is 1. The number of alkyl halides is 1. The molecule has 838 valence electrons. The smallest absolute Gasteiger partial charge is 0.307 e.